The number of halogens is 2. The van der Waals surface area contributed by atoms with Crippen LogP contribution in [0.25, 0.3) is 0 Å². The van der Waals surface area contributed by atoms with Gasteiger partial charge in [-0.2, -0.15) is 0 Å². The summed E-state index contributed by atoms with van der Waals surface area (Å²) in [7, 11) is 0. The number of hydrogen-bond acceptors (Lipinski definition) is 1. The first-order valence-electron chi connectivity index (χ1n) is 7.11. The molecule has 0 aliphatic heterocycles. The summed E-state index contributed by atoms with van der Waals surface area (Å²) in [6.45, 7) is 0. The molecule has 1 aliphatic rings. The average molecular weight is 299 g/mol. The van der Waals surface area contributed by atoms with Crippen LogP contribution >= 0.6 is 23.2 Å². The molecule has 0 unspecified atom stereocenters. The molecule has 0 radical (unpaired) electrons. The summed E-state index contributed by atoms with van der Waals surface area (Å²) in [5.41, 5.74) is 0.966. The third-order valence-electron chi connectivity index (χ3n) is 3.88. The minimum atomic E-state index is 0.324. The lowest BCUT2D eigenvalue weighted by atomic mass is 9.92. The molecule has 0 N–H and O–H groups in total. The van der Waals surface area contributed by atoms with E-state index < -0.39 is 0 Å². The molecular formula is C16H20Cl2O. The molecule has 0 spiro atoms. The van der Waals surface area contributed by atoms with Gasteiger partial charge in [-0.25, -0.2) is 0 Å². The van der Waals surface area contributed by atoms with Crippen molar-refractivity contribution in [3.8, 4) is 0 Å². The number of hydrogen-bond donors (Lipinski definition) is 0. The Labute approximate surface area is 125 Å². The molecule has 1 aliphatic carbocycles. The molecule has 1 aromatic carbocycles. The summed E-state index contributed by atoms with van der Waals surface area (Å²) >= 11 is 11.8. The molecule has 0 amide bonds. The highest BCUT2D eigenvalue weighted by molar-refractivity contribution is 6.42. The standard InChI is InChI=1S/C16H20Cl2O/c17-15-8-7-13(11-16(15)18)10-14(19)9-12-5-3-1-2-4-6-12/h7-8,11-12H,1-6,9-10H2. The van der Waals surface area contributed by atoms with E-state index in [1.165, 1.54) is 38.5 Å². The topological polar surface area (TPSA) is 17.1 Å². The molecule has 3 heteroatoms. The van der Waals surface area contributed by atoms with Gasteiger partial charge in [-0.1, -0.05) is 67.8 Å². The van der Waals surface area contributed by atoms with Gasteiger partial charge in [-0.15, -0.1) is 0 Å². The van der Waals surface area contributed by atoms with E-state index in [2.05, 4.69) is 0 Å². The quantitative estimate of drug-likeness (QED) is 0.674. The van der Waals surface area contributed by atoms with Gasteiger partial charge in [0.2, 0.25) is 0 Å². The van der Waals surface area contributed by atoms with Crippen LogP contribution in [0.15, 0.2) is 18.2 Å². The second kappa shape index (κ2) is 7.31. The number of rotatable bonds is 4. The Morgan fingerprint density at radius 2 is 1.74 bits per heavy atom. The van der Waals surface area contributed by atoms with Crippen LogP contribution in [0.3, 0.4) is 0 Å². The van der Waals surface area contributed by atoms with E-state index >= 15 is 0 Å². The van der Waals surface area contributed by atoms with E-state index in [1.54, 1.807) is 12.1 Å². The molecule has 1 fully saturated rings. The molecule has 104 valence electrons. The van der Waals surface area contributed by atoms with Crippen LogP contribution in [-0.4, -0.2) is 5.78 Å². The van der Waals surface area contributed by atoms with Gasteiger partial charge in [-0.3, -0.25) is 4.79 Å². The number of carbonyl (C=O) groups excluding carboxylic acids is 1. The van der Waals surface area contributed by atoms with E-state index in [0.717, 1.165) is 12.0 Å². The van der Waals surface area contributed by atoms with Crippen LogP contribution in [0.5, 0.6) is 0 Å². The molecule has 0 heterocycles. The van der Waals surface area contributed by atoms with Crippen molar-refractivity contribution in [2.75, 3.05) is 0 Å². The highest BCUT2D eigenvalue weighted by atomic mass is 35.5. The Bertz CT molecular complexity index is 434. The van der Waals surface area contributed by atoms with Gasteiger partial charge in [-0.05, 0) is 23.6 Å². The van der Waals surface area contributed by atoms with E-state index in [0.29, 0.717) is 28.2 Å². The van der Waals surface area contributed by atoms with Crippen LogP contribution in [0, 0.1) is 5.92 Å². The van der Waals surface area contributed by atoms with E-state index in [4.69, 9.17) is 23.2 Å². The summed E-state index contributed by atoms with van der Waals surface area (Å²) in [6, 6.07) is 5.45. The Kier molecular flexibility index (Phi) is 5.72. The lowest BCUT2D eigenvalue weighted by Crippen LogP contribution is -2.10. The SMILES string of the molecule is O=C(Cc1ccc(Cl)c(Cl)c1)CC1CCCCCC1. The van der Waals surface area contributed by atoms with Crippen molar-refractivity contribution in [3.63, 3.8) is 0 Å². The highest BCUT2D eigenvalue weighted by Gasteiger charge is 2.16. The number of ketones is 1. The van der Waals surface area contributed by atoms with Gasteiger partial charge in [0.05, 0.1) is 10.0 Å². The second-order valence-corrected chi connectivity index (χ2v) is 6.34. The molecule has 1 nitrogen and oxygen atoms in total. The van der Waals surface area contributed by atoms with Crippen molar-refractivity contribution < 1.29 is 4.79 Å². The van der Waals surface area contributed by atoms with Crippen LogP contribution in [-0.2, 0) is 11.2 Å². The minimum Gasteiger partial charge on any atom is -0.299 e. The first-order chi connectivity index (χ1) is 9.15. The maximum atomic E-state index is 12.1. The normalized spacial score (nSPS) is 17.2. The lowest BCUT2D eigenvalue weighted by molar-refractivity contribution is -0.119. The smallest absolute Gasteiger partial charge is 0.137 e. The molecule has 1 saturated carbocycles. The number of benzene rings is 1. The highest BCUT2D eigenvalue weighted by Crippen LogP contribution is 2.27. The molecule has 2 rings (SSSR count). The van der Waals surface area contributed by atoms with Crippen molar-refractivity contribution in [2.24, 2.45) is 5.92 Å². The third kappa shape index (κ3) is 4.81. The van der Waals surface area contributed by atoms with E-state index in [1.807, 2.05) is 6.07 Å². The van der Waals surface area contributed by atoms with Crippen LogP contribution in [0.1, 0.15) is 50.5 Å². The van der Waals surface area contributed by atoms with Crippen molar-refractivity contribution in [1.29, 1.82) is 0 Å². The summed E-state index contributed by atoms with van der Waals surface area (Å²) in [4.78, 5) is 12.1. The summed E-state index contributed by atoms with van der Waals surface area (Å²) < 4.78 is 0. The minimum absolute atomic E-state index is 0.324. The van der Waals surface area contributed by atoms with Gasteiger partial charge >= 0.3 is 0 Å². The molecular weight excluding hydrogens is 279 g/mol. The first-order valence-corrected chi connectivity index (χ1v) is 7.86. The first kappa shape index (κ1) is 14.9. The zero-order valence-electron chi connectivity index (χ0n) is 11.1. The fourth-order valence-corrected chi connectivity index (χ4v) is 3.16. The summed E-state index contributed by atoms with van der Waals surface area (Å²) in [5.74, 6) is 0.920. The largest absolute Gasteiger partial charge is 0.299 e. The predicted molar refractivity (Wildman–Crippen MR) is 81.0 cm³/mol. The van der Waals surface area contributed by atoms with Gasteiger partial charge in [0.1, 0.15) is 5.78 Å². The van der Waals surface area contributed by atoms with Crippen molar-refractivity contribution >= 4 is 29.0 Å². The van der Waals surface area contributed by atoms with Crippen LogP contribution in [0.2, 0.25) is 10.0 Å². The number of carbonyl (C=O) groups is 1. The third-order valence-corrected chi connectivity index (χ3v) is 4.62. The monoisotopic (exact) mass is 298 g/mol. The van der Waals surface area contributed by atoms with E-state index in [9.17, 15) is 4.79 Å². The van der Waals surface area contributed by atoms with Crippen LogP contribution < -0.4 is 0 Å². The maximum Gasteiger partial charge on any atom is 0.137 e. The number of Topliss-reactive ketones (excluding diaryl/α,β-unsaturated/α-hetero) is 1. The molecule has 0 aromatic heterocycles. The zero-order chi connectivity index (χ0) is 13.7. The summed E-state index contributed by atoms with van der Waals surface area (Å²) in [5, 5.41) is 1.07. The molecule has 19 heavy (non-hydrogen) atoms. The Hall–Kier alpha value is -0.530. The Balaban J connectivity index is 1.87. The fraction of sp³-hybridized carbons (Fsp3) is 0.562. The summed E-state index contributed by atoms with van der Waals surface area (Å²) in [6.07, 6.45) is 8.86. The molecule has 0 atom stereocenters. The van der Waals surface area contributed by atoms with E-state index in [-0.39, 0.29) is 0 Å². The second-order valence-electron chi connectivity index (χ2n) is 5.53. The van der Waals surface area contributed by atoms with Gasteiger partial charge < -0.3 is 0 Å². The zero-order valence-corrected chi connectivity index (χ0v) is 12.6. The van der Waals surface area contributed by atoms with Gasteiger partial charge in [0.15, 0.2) is 0 Å². The van der Waals surface area contributed by atoms with Crippen molar-refractivity contribution in [1.82, 2.24) is 0 Å². The maximum absolute atomic E-state index is 12.1. The van der Waals surface area contributed by atoms with Gasteiger partial charge in [0.25, 0.3) is 0 Å². The fourth-order valence-electron chi connectivity index (χ4n) is 2.84. The predicted octanol–water partition coefficient (Wildman–Crippen LogP) is 5.47. The molecule has 0 bridgehead atoms. The molecule has 1 aromatic rings. The Morgan fingerprint density at radius 3 is 2.37 bits per heavy atom. The Morgan fingerprint density at radius 1 is 1.05 bits per heavy atom. The van der Waals surface area contributed by atoms with Crippen molar-refractivity contribution in [3.05, 3.63) is 33.8 Å². The average Bonchev–Trinajstić information content (AvgIpc) is 2.62. The van der Waals surface area contributed by atoms with Crippen molar-refractivity contribution in [2.45, 2.75) is 51.4 Å². The van der Waals surface area contributed by atoms with Crippen LogP contribution in [0.4, 0.5) is 0 Å². The lowest BCUT2D eigenvalue weighted by Gasteiger charge is -2.12. The van der Waals surface area contributed by atoms with Gasteiger partial charge in [0, 0.05) is 12.8 Å². The molecule has 0 saturated heterocycles.